The Kier molecular flexibility index (Phi) is 12.7. The average Bonchev–Trinajstić information content (AvgIpc) is 2.72. The molecule has 0 spiro atoms. The minimum atomic E-state index is -1.08. The molecule has 0 saturated carbocycles. The van der Waals surface area contributed by atoms with E-state index < -0.39 is 47.2 Å². The van der Waals surface area contributed by atoms with Gasteiger partial charge in [0.1, 0.15) is 17.2 Å². The van der Waals surface area contributed by atoms with Crippen molar-refractivity contribution in [2.24, 2.45) is 0 Å². The number of ether oxygens (including phenoxy) is 3. The number of hydrogen-bond acceptors (Lipinski definition) is 7. The highest BCUT2D eigenvalue weighted by Gasteiger charge is 2.29. The summed E-state index contributed by atoms with van der Waals surface area (Å²) in [5.41, 5.74) is -0.371. The molecule has 2 atom stereocenters. The minimum Gasteiger partial charge on any atom is -0.469 e. The highest BCUT2D eigenvalue weighted by Crippen LogP contribution is 2.15. The van der Waals surface area contributed by atoms with Gasteiger partial charge in [0.25, 0.3) is 0 Å². The third kappa shape index (κ3) is 14.3. The SMILES string of the molecule is COC(=O)CC(CCc1cccc(I)c1)NC(=O)N[C@@H](CCC(=O)OC(C)(C)C)C(=O)OC(C)(C)C. The van der Waals surface area contributed by atoms with Crippen LogP contribution in [-0.4, -0.2) is 54.3 Å². The van der Waals surface area contributed by atoms with Crippen LogP contribution in [0.1, 0.15) is 72.8 Å². The fraction of sp³-hybridized carbons (Fsp3) is 0.615. The molecule has 0 radical (unpaired) electrons. The number of nitrogens with one attached hydrogen (secondary N) is 2. The number of hydrogen-bond donors (Lipinski definition) is 2. The van der Waals surface area contributed by atoms with Gasteiger partial charge >= 0.3 is 23.9 Å². The Balaban J connectivity index is 2.89. The first kappa shape index (κ1) is 31.7. The van der Waals surface area contributed by atoms with Gasteiger partial charge in [0.05, 0.1) is 13.5 Å². The summed E-state index contributed by atoms with van der Waals surface area (Å²) in [4.78, 5) is 49.7. The number of amides is 2. The second-order valence-corrected chi connectivity index (χ2v) is 11.7. The summed E-state index contributed by atoms with van der Waals surface area (Å²) in [6.45, 7) is 10.4. The van der Waals surface area contributed by atoms with E-state index in [0.717, 1.165) is 9.13 Å². The number of carbonyl (C=O) groups is 4. The summed E-state index contributed by atoms with van der Waals surface area (Å²) >= 11 is 2.23. The quantitative estimate of drug-likeness (QED) is 0.216. The normalized spacial score (nSPS) is 13.2. The maximum Gasteiger partial charge on any atom is 0.329 e. The van der Waals surface area contributed by atoms with Crippen molar-refractivity contribution in [3.63, 3.8) is 0 Å². The van der Waals surface area contributed by atoms with Gasteiger partial charge in [-0.3, -0.25) is 9.59 Å². The molecule has 0 aliphatic heterocycles. The first-order valence-electron chi connectivity index (χ1n) is 11.9. The van der Waals surface area contributed by atoms with Gasteiger partial charge in [0.15, 0.2) is 0 Å². The van der Waals surface area contributed by atoms with E-state index in [1.807, 2.05) is 24.3 Å². The monoisotopic (exact) mass is 618 g/mol. The molecule has 0 aromatic heterocycles. The molecule has 36 heavy (non-hydrogen) atoms. The number of halogens is 1. The maximum atomic E-state index is 12.8. The lowest BCUT2D eigenvalue weighted by atomic mass is 10.0. The van der Waals surface area contributed by atoms with Crippen molar-refractivity contribution in [3.8, 4) is 0 Å². The molecule has 2 N–H and O–H groups in total. The summed E-state index contributed by atoms with van der Waals surface area (Å²) < 4.78 is 16.6. The van der Waals surface area contributed by atoms with Crippen LogP contribution in [0.15, 0.2) is 24.3 Å². The molecule has 0 heterocycles. The lowest BCUT2D eigenvalue weighted by Crippen LogP contribution is -2.51. The van der Waals surface area contributed by atoms with Crippen LogP contribution in [0.5, 0.6) is 0 Å². The second kappa shape index (κ2) is 14.4. The van der Waals surface area contributed by atoms with Crippen molar-refractivity contribution in [1.82, 2.24) is 10.6 Å². The topological polar surface area (TPSA) is 120 Å². The molecule has 9 nitrogen and oxygen atoms in total. The van der Waals surface area contributed by atoms with Crippen LogP contribution in [0.4, 0.5) is 4.79 Å². The molecule has 0 aliphatic rings. The molecule has 1 rings (SSSR count). The number of methoxy groups -OCH3 is 1. The molecule has 2 amide bonds. The molecular formula is C26H39IN2O7. The van der Waals surface area contributed by atoms with Gasteiger partial charge in [-0.2, -0.15) is 0 Å². The van der Waals surface area contributed by atoms with E-state index in [1.165, 1.54) is 7.11 Å². The fourth-order valence-electron chi connectivity index (χ4n) is 3.21. The Labute approximate surface area is 227 Å². The number of carbonyl (C=O) groups excluding carboxylic acids is 4. The molecule has 0 bridgehead atoms. The van der Waals surface area contributed by atoms with Gasteiger partial charge in [-0.1, -0.05) is 12.1 Å². The number of aryl methyl sites for hydroxylation is 1. The smallest absolute Gasteiger partial charge is 0.329 e. The van der Waals surface area contributed by atoms with Crippen LogP contribution in [0.3, 0.4) is 0 Å². The van der Waals surface area contributed by atoms with Crippen molar-refractivity contribution in [2.75, 3.05) is 7.11 Å². The van der Waals surface area contributed by atoms with E-state index in [9.17, 15) is 19.2 Å². The minimum absolute atomic E-state index is 0.00136. The Morgan fingerprint density at radius 1 is 0.917 bits per heavy atom. The van der Waals surface area contributed by atoms with Crippen molar-refractivity contribution in [2.45, 2.75) is 96.9 Å². The third-order valence-electron chi connectivity index (χ3n) is 4.70. The highest BCUT2D eigenvalue weighted by molar-refractivity contribution is 14.1. The second-order valence-electron chi connectivity index (χ2n) is 10.5. The largest absolute Gasteiger partial charge is 0.469 e. The lowest BCUT2D eigenvalue weighted by Gasteiger charge is -2.26. The van der Waals surface area contributed by atoms with Crippen molar-refractivity contribution in [3.05, 3.63) is 33.4 Å². The first-order valence-corrected chi connectivity index (χ1v) is 13.0. The van der Waals surface area contributed by atoms with E-state index in [-0.39, 0.29) is 19.3 Å². The molecule has 10 heteroatoms. The molecule has 1 aromatic carbocycles. The number of benzene rings is 1. The molecule has 1 unspecified atom stereocenters. The predicted octanol–water partition coefficient (Wildman–Crippen LogP) is 4.29. The fourth-order valence-corrected chi connectivity index (χ4v) is 3.81. The average molecular weight is 619 g/mol. The highest BCUT2D eigenvalue weighted by atomic mass is 127. The molecular weight excluding hydrogens is 579 g/mol. The van der Waals surface area contributed by atoms with Crippen LogP contribution in [0.2, 0.25) is 0 Å². The zero-order valence-electron chi connectivity index (χ0n) is 22.2. The Bertz CT molecular complexity index is 906. The van der Waals surface area contributed by atoms with Crippen LogP contribution in [0.25, 0.3) is 0 Å². The summed E-state index contributed by atoms with van der Waals surface area (Å²) in [6.07, 6.45) is 1.01. The van der Waals surface area contributed by atoms with Crippen molar-refractivity contribution in [1.29, 1.82) is 0 Å². The number of rotatable bonds is 11. The van der Waals surface area contributed by atoms with Crippen molar-refractivity contribution < 1.29 is 33.4 Å². The first-order chi connectivity index (χ1) is 16.6. The van der Waals surface area contributed by atoms with Gasteiger partial charge in [-0.25, -0.2) is 9.59 Å². The zero-order valence-corrected chi connectivity index (χ0v) is 24.4. The standard InChI is InChI=1S/C26H39IN2O7/c1-25(2,3)35-21(30)14-13-20(23(32)36-26(4,5)6)29-24(33)28-19(16-22(31)34-7)12-11-17-9-8-10-18(27)15-17/h8-10,15,19-20H,11-14,16H2,1-7H3,(H2,28,29,33)/t19?,20-/m0/s1. The third-order valence-corrected chi connectivity index (χ3v) is 5.37. The summed E-state index contributed by atoms with van der Waals surface area (Å²) in [7, 11) is 1.29. The van der Waals surface area contributed by atoms with E-state index in [2.05, 4.69) is 33.2 Å². The van der Waals surface area contributed by atoms with Gasteiger partial charge in [-0.05, 0) is 101 Å². The van der Waals surface area contributed by atoms with Gasteiger partial charge in [-0.15, -0.1) is 0 Å². The number of esters is 3. The van der Waals surface area contributed by atoms with Crippen LogP contribution >= 0.6 is 22.6 Å². The van der Waals surface area contributed by atoms with Gasteiger partial charge in [0, 0.05) is 16.0 Å². The summed E-state index contributed by atoms with van der Waals surface area (Å²) in [6, 6.07) is 5.69. The predicted molar refractivity (Wildman–Crippen MR) is 144 cm³/mol. The van der Waals surface area contributed by atoms with E-state index in [4.69, 9.17) is 14.2 Å². The van der Waals surface area contributed by atoms with E-state index >= 15 is 0 Å². The Morgan fingerprint density at radius 3 is 2.11 bits per heavy atom. The van der Waals surface area contributed by atoms with Crippen LogP contribution in [0, 0.1) is 3.57 Å². The Morgan fingerprint density at radius 2 is 1.56 bits per heavy atom. The van der Waals surface area contributed by atoms with E-state index in [0.29, 0.717) is 12.8 Å². The summed E-state index contributed by atoms with van der Waals surface area (Å²) in [5.74, 6) is -1.61. The summed E-state index contributed by atoms with van der Waals surface area (Å²) in [5, 5.41) is 5.37. The van der Waals surface area contributed by atoms with E-state index in [1.54, 1.807) is 41.5 Å². The van der Waals surface area contributed by atoms with Gasteiger partial charge in [0.2, 0.25) is 0 Å². The molecule has 202 valence electrons. The molecule has 0 fully saturated rings. The lowest BCUT2D eigenvalue weighted by molar-refractivity contribution is -0.158. The van der Waals surface area contributed by atoms with Crippen molar-refractivity contribution >= 4 is 46.5 Å². The Hall–Kier alpha value is -2.37. The molecule has 0 saturated heterocycles. The van der Waals surface area contributed by atoms with Crippen LogP contribution < -0.4 is 10.6 Å². The zero-order chi connectivity index (χ0) is 27.5. The molecule has 0 aliphatic carbocycles. The van der Waals surface area contributed by atoms with Crippen LogP contribution in [-0.2, 0) is 35.0 Å². The maximum absolute atomic E-state index is 12.8. The van der Waals surface area contributed by atoms with Gasteiger partial charge < -0.3 is 24.8 Å². The number of urea groups is 1. The molecule has 1 aromatic rings.